The number of carbonyl (C=O) groups is 1. The van der Waals surface area contributed by atoms with Crippen molar-refractivity contribution in [2.24, 2.45) is 0 Å². The number of hydrogen-bond donors (Lipinski definition) is 3. The van der Waals surface area contributed by atoms with E-state index < -0.39 is 11.4 Å². The lowest BCUT2D eigenvalue weighted by molar-refractivity contribution is -0.111. The van der Waals surface area contributed by atoms with Crippen LogP contribution in [0, 0.1) is 5.82 Å². The van der Waals surface area contributed by atoms with Crippen molar-refractivity contribution in [2.45, 2.75) is 38.3 Å². The minimum Gasteiger partial charge on any atom is -0.482 e. The lowest BCUT2D eigenvalue weighted by Gasteiger charge is -2.23. The number of fused-ring (bicyclic) bond motifs is 1. The summed E-state index contributed by atoms with van der Waals surface area (Å²) in [6, 6.07) is 8.71. The van der Waals surface area contributed by atoms with Gasteiger partial charge in [0.1, 0.15) is 23.0 Å². The van der Waals surface area contributed by atoms with Crippen LogP contribution in [0.5, 0.6) is 0 Å². The molecule has 1 saturated heterocycles. The Bertz CT molecular complexity index is 1100. The number of hydrogen-bond acceptors (Lipinski definition) is 5. The van der Waals surface area contributed by atoms with Gasteiger partial charge in [-0.15, -0.1) is 0 Å². The number of benzene rings is 1. The molecule has 1 aromatic carbocycles. The summed E-state index contributed by atoms with van der Waals surface area (Å²) >= 11 is 0. The minimum absolute atomic E-state index is 0.290. The SMILES string of the molecule is CC1(C)OC(=C2C(=O)Nc3ccc(F)cc32)C=C1c1ccc(NC[C@@H]2CCCN2)nc1. The van der Waals surface area contributed by atoms with Gasteiger partial charge in [0.2, 0.25) is 0 Å². The van der Waals surface area contributed by atoms with E-state index in [-0.39, 0.29) is 5.91 Å². The predicted molar refractivity (Wildman–Crippen MR) is 119 cm³/mol. The molecule has 4 heterocycles. The molecule has 0 unspecified atom stereocenters. The second-order valence-corrected chi connectivity index (χ2v) is 8.66. The van der Waals surface area contributed by atoms with Crippen molar-refractivity contribution in [3.63, 3.8) is 0 Å². The average molecular weight is 420 g/mol. The van der Waals surface area contributed by atoms with Crippen LogP contribution in [0.4, 0.5) is 15.9 Å². The standard InChI is InChI=1S/C24H25FN4O2/c1-24(2)18(14-5-8-21(27-12-14)28-13-16-4-3-9-26-16)11-20(31-24)22-17-10-15(25)6-7-19(17)29-23(22)30/h5-8,10-12,16,26H,3-4,9,13H2,1-2H3,(H,27,28)(H,29,30)/t16-/m0/s1. The number of ether oxygens (including phenoxy) is 1. The van der Waals surface area contributed by atoms with E-state index in [1.807, 2.05) is 38.3 Å². The van der Waals surface area contributed by atoms with Gasteiger partial charge in [0, 0.05) is 41.2 Å². The minimum atomic E-state index is -0.650. The summed E-state index contributed by atoms with van der Waals surface area (Å²) < 4.78 is 20.0. The van der Waals surface area contributed by atoms with Gasteiger partial charge in [-0.1, -0.05) is 0 Å². The number of pyridine rings is 1. The fraction of sp³-hybridized carbons (Fsp3) is 0.333. The van der Waals surface area contributed by atoms with E-state index in [2.05, 4.69) is 20.9 Å². The Morgan fingerprint density at radius 1 is 1.29 bits per heavy atom. The molecule has 0 bridgehead atoms. The second kappa shape index (κ2) is 7.50. The zero-order chi connectivity index (χ0) is 21.6. The average Bonchev–Trinajstić information content (AvgIpc) is 3.43. The van der Waals surface area contributed by atoms with Crippen molar-refractivity contribution >= 4 is 28.6 Å². The number of rotatable bonds is 4. The molecule has 0 saturated carbocycles. The first-order valence-corrected chi connectivity index (χ1v) is 10.6. The van der Waals surface area contributed by atoms with Crippen LogP contribution in [0.3, 0.4) is 0 Å². The number of aromatic nitrogens is 1. The molecule has 6 nitrogen and oxygen atoms in total. The van der Waals surface area contributed by atoms with Crippen LogP contribution in [0.25, 0.3) is 11.1 Å². The topological polar surface area (TPSA) is 75.3 Å². The normalized spacial score (nSPS) is 23.9. The van der Waals surface area contributed by atoms with E-state index >= 15 is 0 Å². The number of carbonyl (C=O) groups excluding carboxylic acids is 1. The third-order valence-electron chi connectivity index (χ3n) is 6.03. The molecule has 3 N–H and O–H groups in total. The quantitative estimate of drug-likeness (QED) is 0.654. The van der Waals surface area contributed by atoms with E-state index in [9.17, 15) is 9.18 Å². The largest absolute Gasteiger partial charge is 0.482 e. The van der Waals surface area contributed by atoms with Gasteiger partial charge in [0.05, 0.1) is 5.57 Å². The molecule has 160 valence electrons. The summed E-state index contributed by atoms with van der Waals surface area (Å²) in [5.74, 6) is 0.585. The highest BCUT2D eigenvalue weighted by Gasteiger charge is 2.38. The van der Waals surface area contributed by atoms with E-state index in [4.69, 9.17) is 4.74 Å². The Morgan fingerprint density at radius 2 is 2.16 bits per heavy atom. The Balaban J connectivity index is 1.43. The Labute approximate surface area is 180 Å². The lowest BCUT2D eigenvalue weighted by atomic mass is 9.93. The molecule has 1 amide bonds. The summed E-state index contributed by atoms with van der Waals surface area (Å²) in [7, 11) is 0. The van der Waals surface area contributed by atoms with Gasteiger partial charge in [-0.25, -0.2) is 9.37 Å². The van der Waals surface area contributed by atoms with Crippen LogP contribution in [-0.2, 0) is 9.53 Å². The highest BCUT2D eigenvalue weighted by Crippen LogP contribution is 2.44. The van der Waals surface area contributed by atoms with Crippen molar-refractivity contribution in [3.05, 3.63) is 65.3 Å². The van der Waals surface area contributed by atoms with Gasteiger partial charge in [-0.05, 0) is 69.6 Å². The Morgan fingerprint density at radius 3 is 2.90 bits per heavy atom. The first-order valence-electron chi connectivity index (χ1n) is 10.6. The number of allylic oxidation sites excluding steroid dienone is 1. The molecule has 7 heteroatoms. The van der Waals surface area contributed by atoms with Crippen molar-refractivity contribution in [2.75, 3.05) is 23.7 Å². The number of halogens is 1. The summed E-state index contributed by atoms with van der Waals surface area (Å²) in [4.78, 5) is 17.1. The molecule has 0 radical (unpaired) electrons. The molecule has 0 spiro atoms. The van der Waals surface area contributed by atoms with Crippen LogP contribution >= 0.6 is 0 Å². The highest BCUT2D eigenvalue weighted by molar-refractivity contribution is 6.32. The molecule has 0 aliphatic carbocycles. The first-order chi connectivity index (χ1) is 14.9. The second-order valence-electron chi connectivity index (χ2n) is 8.66. The summed E-state index contributed by atoms with van der Waals surface area (Å²) in [5, 5.41) is 9.62. The number of nitrogens with zero attached hydrogens (tertiary/aromatic N) is 1. The maximum absolute atomic E-state index is 13.8. The lowest BCUT2D eigenvalue weighted by Crippen LogP contribution is -2.29. The van der Waals surface area contributed by atoms with Crippen molar-refractivity contribution in [1.29, 1.82) is 0 Å². The van der Waals surface area contributed by atoms with Gasteiger partial charge in [-0.3, -0.25) is 4.79 Å². The van der Waals surface area contributed by atoms with E-state index in [1.54, 1.807) is 6.07 Å². The molecule has 1 atom stereocenters. The number of nitrogens with one attached hydrogen (secondary N) is 3. The molecular weight excluding hydrogens is 395 g/mol. The Hall–Kier alpha value is -3.19. The fourth-order valence-electron chi connectivity index (χ4n) is 4.42. The van der Waals surface area contributed by atoms with Crippen LogP contribution in [-0.4, -0.2) is 35.6 Å². The molecule has 1 aromatic heterocycles. The third kappa shape index (κ3) is 3.70. The molecule has 3 aliphatic rings. The molecule has 2 aromatic rings. The van der Waals surface area contributed by atoms with Gasteiger partial charge < -0.3 is 20.7 Å². The summed E-state index contributed by atoms with van der Waals surface area (Å²) in [6.45, 7) is 5.83. The zero-order valence-electron chi connectivity index (χ0n) is 17.6. The van der Waals surface area contributed by atoms with Crippen LogP contribution in [0.2, 0.25) is 0 Å². The highest BCUT2D eigenvalue weighted by atomic mass is 19.1. The maximum Gasteiger partial charge on any atom is 0.260 e. The van der Waals surface area contributed by atoms with E-state index in [1.165, 1.54) is 25.0 Å². The molecule has 5 rings (SSSR count). The van der Waals surface area contributed by atoms with E-state index in [0.717, 1.165) is 30.0 Å². The molecular formula is C24H25FN4O2. The number of amides is 1. The zero-order valence-corrected chi connectivity index (χ0v) is 17.6. The first kappa shape index (κ1) is 19.8. The molecule has 3 aliphatic heterocycles. The molecule has 31 heavy (non-hydrogen) atoms. The van der Waals surface area contributed by atoms with Crippen molar-refractivity contribution in [1.82, 2.24) is 10.3 Å². The fourth-order valence-corrected chi connectivity index (χ4v) is 4.42. The third-order valence-corrected chi connectivity index (χ3v) is 6.03. The summed E-state index contributed by atoms with van der Waals surface area (Å²) in [5.41, 5.74) is 2.65. The number of anilines is 2. The van der Waals surface area contributed by atoms with Crippen molar-refractivity contribution < 1.29 is 13.9 Å². The van der Waals surface area contributed by atoms with Crippen LogP contribution in [0.15, 0.2) is 48.4 Å². The Kier molecular flexibility index (Phi) is 4.78. The maximum atomic E-state index is 13.8. The smallest absolute Gasteiger partial charge is 0.260 e. The summed E-state index contributed by atoms with van der Waals surface area (Å²) in [6.07, 6.45) is 6.08. The monoisotopic (exact) mass is 420 g/mol. The van der Waals surface area contributed by atoms with Gasteiger partial charge >= 0.3 is 0 Å². The van der Waals surface area contributed by atoms with Crippen LogP contribution < -0.4 is 16.0 Å². The van der Waals surface area contributed by atoms with E-state index in [0.29, 0.717) is 28.6 Å². The van der Waals surface area contributed by atoms with Crippen molar-refractivity contribution in [3.8, 4) is 0 Å². The predicted octanol–water partition coefficient (Wildman–Crippen LogP) is 3.94. The van der Waals surface area contributed by atoms with Crippen LogP contribution in [0.1, 0.15) is 37.8 Å². The molecule has 1 fully saturated rings. The van der Waals surface area contributed by atoms with Gasteiger partial charge in [0.25, 0.3) is 5.91 Å². The van der Waals surface area contributed by atoms with Gasteiger partial charge in [0.15, 0.2) is 0 Å². The van der Waals surface area contributed by atoms with Gasteiger partial charge in [-0.2, -0.15) is 0 Å².